The molecule has 0 aliphatic carbocycles. The molecule has 0 bridgehead atoms. The van der Waals surface area contributed by atoms with Crippen LogP contribution in [0.25, 0.3) is 0 Å². The summed E-state index contributed by atoms with van der Waals surface area (Å²) >= 11 is 0. The number of nitrogens with two attached hydrogens (primary N) is 1. The molecular formula is C14H26N4O2. The molecule has 0 aliphatic heterocycles. The molecule has 1 atom stereocenters. The average Bonchev–Trinajstić information content (AvgIpc) is 2.39. The second-order valence-electron chi connectivity index (χ2n) is 4.81. The Bertz CT molecular complexity index is 401. The van der Waals surface area contributed by atoms with Gasteiger partial charge in [0.1, 0.15) is 17.5 Å². The molecule has 0 saturated heterocycles. The fourth-order valence-corrected chi connectivity index (χ4v) is 2.07. The SMILES string of the molecule is CCCc1nc(N)cc(N(CCOC)C(C)COC)n1. The predicted octanol–water partition coefficient (Wildman–Crippen LogP) is 1.50. The van der Waals surface area contributed by atoms with E-state index in [9.17, 15) is 0 Å². The summed E-state index contributed by atoms with van der Waals surface area (Å²) in [6.07, 6.45) is 1.82. The molecule has 6 nitrogen and oxygen atoms in total. The largest absolute Gasteiger partial charge is 0.384 e. The van der Waals surface area contributed by atoms with Crippen LogP contribution in [0.5, 0.6) is 0 Å². The topological polar surface area (TPSA) is 73.5 Å². The molecule has 0 aromatic carbocycles. The summed E-state index contributed by atoms with van der Waals surface area (Å²) in [4.78, 5) is 11.0. The van der Waals surface area contributed by atoms with Gasteiger partial charge in [0.25, 0.3) is 0 Å². The Morgan fingerprint density at radius 2 is 2.05 bits per heavy atom. The van der Waals surface area contributed by atoms with Crippen molar-refractivity contribution in [1.82, 2.24) is 9.97 Å². The van der Waals surface area contributed by atoms with Crippen molar-refractivity contribution >= 4 is 11.6 Å². The molecule has 0 spiro atoms. The molecule has 0 radical (unpaired) electrons. The monoisotopic (exact) mass is 282 g/mol. The van der Waals surface area contributed by atoms with Crippen LogP contribution >= 0.6 is 0 Å². The van der Waals surface area contributed by atoms with Crippen molar-refractivity contribution < 1.29 is 9.47 Å². The number of methoxy groups -OCH3 is 2. The van der Waals surface area contributed by atoms with Gasteiger partial charge in [-0.1, -0.05) is 6.92 Å². The maximum absolute atomic E-state index is 5.89. The summed E-state index contributed by atoms with van der Waals surface area (Å²) in [6, 6.07) is 2.00. The van der Waals surface area contributed by atoms with Crippen molar-refractivity contribution in [1.29, 1.82) is 0 Å². The number of anilines is 2. The smallest absolute Gasteiger partial charge is 0.134 e. The molecular weight excluding hydrogens is 256 g/mol. The Morgan fingerprint density at radius 1 is 1.30 bits per heavy atom. The Hall–Kier alpha value is -1.40. The number of hydrogen-bond acceptors (Lipinski definition) is 6. The quantitative estimate of drug-likeness (QED) is 0.740. The summed E-state index contributed by atoms with van der Waals surface area (Å²) < 4.78 is 10.4. The lowest BCUT2D eigenvalue weighted by atomic mass is 10.2. The zero-order chi connectivity index (χ0) is 15.0. The lowest BCUT2D eigenvalue weighted by molar-refractivity contribution is 0.170. The summed E-state index contributed by atoms with van der Waals surface area (Å²) in [5.41, 5.74) is 5.89. The molecule has 0 aliphatic rings. The fourth-order valence-electron chi connectivity index (χ4n) is 2.07. The van der Waals surface area contributed by atoms with E-state index in [1.54, 1.807) is 20.3 Å². The van der Waals surface area contributed by atoms with Gasteiger partial charge >= 0.3 is 0 Å². The zero-order valence-electron chi connectivity index (χ0n) is 12.9. The van der Waals surface area contributed by atoms with E-state index in [1.165, 1.54) is 0 Å². The minimum absolute atomic E-state index is 0.193. The Labute approximate surface area is 121 Å². The van der Waals surface area contributed by atoms with Crippen LogP contribution in [0, 0.1) is 0 Å². The highest BCUT2D eigenvalue weighted by atomic mass is 16.5. The summed E-state index contributed by atoms with van der Waals surface area (Å²) in [5.74, 6) is 2.13. The molecule has 1 aromatic rings. The molecule has 1 rings (SSSR count). The summed E-state index contributed by atoms with van der Waals surface area (Å²) in [7, 11) is 3.39. The predicted molar refractivity (Wildman–Crippen MR) is 81.0 cm³/mol. The van der Waals surface area contributed by atoms with Gasteiger partial charge < -0.3 is 20.1 Å². The number of ether oxygens (including phenoxy) is 2. The normalized spacial score (nSPS) is 12.4. The van der Waals surface area contributed by atoms with Crippen LogP contribution in [0.2, 0.25) is 0 Å². The van der Waals surface area contributed by atoms with Crippen LogP contribution in [-0.2, 0) is 15.9 Å². The Morgan fingerprint density at radius 3 is 2.65 bits per heavy atom. The molecule has 20 heavy (non-hydrogen) atoms. The van der Waals surface area contributed by atoms with Crippen LogP contribution < -0.4 is 10.6 Å². The number of hydrogen-bond donors (Lipinski definition) is 1. The zero-order valence-corrected chi connectivity index (χ0v) is 12.9. The first kappa shape index (κ1) is 16.7. The van der Waals surface area contributed by atoms with E-state index >= 15 is 0 Å². The van der Waals surface area contributed by atoms with Crippen LogP contribution in [0.1, 0.15) is 26.1 Å². The third-order valence-corrected chi connectivity index (χ3v) is 3.02. The van der Waals surface area contributed by atoms with Crippen molar-refractivity contribution in [3.05, 3.63) is 11.9 Å². The maximum Gasteiger partial charge on any atom is 0.134 e. The third-order valence-electron chi connectivity index (χ3n) is 3.02. The maximum atomic E-state index is 5.89. The van der Waals surface area contributed by atoms with E-state index in [1.807, 2.05) is 0 Å². The number of nitrogens with zero attached hydrogens (tertiary/aromatic N) is 3. The minimum Gasteiger partial charge on any atom is -0.384 e. The molecule has 0 saturated carbocycles. The highest BCUT2D eigenvalue weighted by molar-refractivity contribution is 5.47. The standard InChI is InChI=1S/C14H26N4O2/c1-5-6-13-16-12(15)9-14(17-13)18(7-8-19-3)11(2)10-20-4/h9,11H,5-8,10H2,1-4H3,(H2,15,16,17). The van der Waals surface area contributed by atoms with E-state index in [0.717, 1.165) is 31.0 Å². The number of rotatable bonds is 9. The van der Waals surface area contributed by atoms with Gasteiger partial charge in [-0.2, -0.15) is 0 Å². The van der Waals surface area contributed by atoms with Crippen molar-refractivity contribution in [3.8, 4) is 0 Å². The minimum atomic E-state index is 0.193. The number of aryl methyl sites for hydroxylation is 1. The first-order chi connectivity index (χ1) is 9.62. The van der Waals surface area contributed by atoms with Crippen molar-refractivity contribution in [2.75, 3.05) is 44.6 Å². The highest BCUT2D eigenvalue weighted by Gasteiger charge is 2.17. The Balaban J connectivity index is 2.98. The van der Waals surface area contributed by atoms with E-state index in [-0.39, 0.29) is 6.04 Å². The van der Waals surface area contributed by atoms with Crippen molar-refractivity contribution in [2.24, 2.45) is 0 Å². The van der Waals surface area contributed by atoms with Gasteiger partial charge in [-0.05, 0) is 13.3 Å². The lowest BCUT2D eigenvalue weighted by Gasteiger charge is -2.30. The second kappa shape index (κ2) is 8.71. The molecule has 1 heterocycles. The van der Waals surface area contributed by atoms with Crippen molar-refractivity contribution in [2.45, 2.75) is 32.7 Å². The number of aromatic nitrogens is 2. The van der Waals surface area contributed by atoms with Crippen LogP contribution in [0.15, 0.2) is 6.07 Å². The molecule has 1 aromatic heterocycles. The van der Waals surface area contributed by atoms with Gasteiger partial charge in [0.15, 0.2) is 0 Å². The van der Waals surface area contributed by atoms with E-state index in [2.05, 4.69) is 28.7 Å². The van der Waals surface area contributed by atoms with Gasteiger partial charge in [0.05, 0.1) is 19.3 Å². The van der Waals surface area contributed by atoms with Gasteiger partial charge in [0, 0.05) is 33.3 Å². The first-order valence-corrected chi connectivity index (χ1v) is 7.00. The van der Waals surface area contributed by atoms with Crippen LogP contribution in [0.3, 0.4) is 0 Å². The Kier molecular flexibility index (Phi) is 7.25. The molecule has 0 amide bonds. The van der Waals surface area contributed by atoms with Gasteiger partial charge in [0.2, 0.25) is 0 Å². The van der Waals surface area contributed by atoms with Crippen molar-refractivity contribution in [3.63, 3.8) is 0 Å². The van der Waals surface area contributed by atoms with E-state index < -0.39 is 0 Å². The molecule has 114 valence electrons. The second-order valence-corrected chi connectivity index (χ2v) is 4.81. The highest BCUT2D eigenvalue weighted by Crippen LogP contribution is 2.17. The average molecular weight is 282 g/mol. The van der Waals surface area contributed by atoms with Gasteiger partial charge in [-0.3, -0.25) is 0 Å². The van der Waals surface area contributed by atoms with E-state index in [0.29, 0.717) is 19.0 Å². The van der Waals surface area contributed by atoms with Gasteiger partial charge in [-0.25, -0.2) is 9.97 Å². The molecule has 6 heteroatoms. The summed E-state index contributed by atoms with van der Waals surface area (Å²) in [6.45, 7) is 6.18. The van der Waals surface area contributed by atoms with Crippen LogP contribution in [0.4, 0.5) is 11.6 Å². The lowest BCUT2D eigenvalue weighted by Crippen LogP contribution is -2.39. The van der Waals surface area contributed by atoms with E-state index in [4.69, 9.17) is 15.2 Å². The van der Waals surface area contributed by atoms with Gasteiger partial charge in [-0.15, -0.1) is 0 Å². The third kappa shape index (κ3) is 4.94. The first-order valence-electron chi connectivity index (χ1n) is 7.00. The molecule has 0 fully saturated rings. The molecule has 1 unspecified atom stereocenters. The summed E-state index contributed by atoms with van der Waals surface area (Å²) in [5, 5.41) is 0. The fraction of sp³-hybridized carbons (Fsp3) is 0.714. The molecule has 2 N–H and O–H groups in total. The number of nitrogen functional groups attached to an aromatic ring is 1. The van der Waals surface area contributed by atoms with Crippen LogP contribution in [-0.4, -0.2) is 50.0 Å².